The van der Waals surface area contributed by atoms with Crippen molar-refractivity contribution in [1.82, 2.24) is 4.98 Å². The van der Waals surface area contributed by atoms with Crippen LogP contribution in [0.2, 0.25) is 0 Å². The molecule has 0 spiro atoms. The Morgan fingerprint density at radius 1 is 1.19 bits per heavy atom. The van der Waals surface area contributed by atoms with Crippen LogP contribution >= 0.6 is 0 Å². The summed E-state index contributed by atoms with van der Waals surface area (Å²) < 4.78 is 0. The Bertz CT molecular complexity index is 447. The van der Waals surface area contributed by atoms with E-state index in [1.807, 2.05) is 6.20 Å². The summed E-state index contributed by atoms with van der Waals surface area (Å²) in [5.74, 6) is 0. The average molecular weight is 217 g/mol. The minimum Gasteiger partial charge on any atom is -0.361 e. The van der Waals surface area contributed by atoms with Gasteiger partial charge in [0.2, 0.25) is 0 Å². The van der Waals surface area contributed by atoms with Gasteiger partial charge in [-0.2, -0.15) is 0 Å². The number of benzene rings is 1. The summed E-state index contributed by atoms with van der Waals surface area (Å²) in [5.41, 5.74) is 14.0. The Hall–Kier alpha value is -1.32. The van der Waals surface area contributed by atoms with E-state index in [2.05, 4.69) is 29.2 Å². The standard InChI is InChI=1S/C13H19N3/c14-7-2-1-3-12(15)11-5-4-10-6-8-16-13(10)9-11/h4-6,8-9,12,16H,1-3,7,14-15H2/t12-/m0/s1. The molecule has 1 aromatic carbocycles. The predicted molar refractivity (Wildman–Crippen MR) is 68.1 cm³/mol. The highest BCUT2D eigenvalue weighted by atomic mass is 14.7. The van der Waals surface area contributed by atoms with Gasteiger partial charge in [-0.05, 0) is 42.5 Å². The summed E-state index contributed by atoms with van der Waals surface area (Å²) in [4.78, 5) is 3.21. The van der Waals surface area contributed by atoms with Gasteiger partial charge < -0.3 is 16.5 Å². The number of fused-ring (bicyclic) bond motifs is 1. The lowest BCUT2D eigenvalue weighted by atomic mass is 10.0. The van der Waals surface area contributed by atoms with Crippen molar-refractivity contribution in [1.29, 1.82) is 0 Å². The third-order valence-corrected chi connectivity index (χ3v) is 2.98. The van der Waals surface area contributed by atoms with Gasteiger partial charge in [-0.1, -0.05) is 18.6 Å². The van der Waals surface area contributed by atoms with Gasteiger partial charge in [0.1, 0.15) is 0 Å². The molecule has 1 heterocycles. The number of aromatic amines is 1. The molecule has 1 atom stereocenters. The smallest absolute Gasteiger partial charge is 0.0457 e. The fourth-order valence-electron chi connectivity index (χ4n) is 1.97. The van der Waals surface area contributed by atoms with Crippen LogP contribution in [0.4, 0.5) is 0 Å². The highest BCUT2D eigenvalue weighted by molar-refractivity contribution is 5.79. The molecule has 0 saturated carbocycles. The first-order valence-corrected chi connectivity index (χ1v) is 5.84. The number of hydrogen-bond donors (Lipinski definition) is 3. The Balaban J connectivity index is 2.07. The summed E-state index contributed by atoms with van der Waals surface area (Å²) in [5, 5.41) is 1.23. The third kappa shape index (κ3) is 2.43. The zero-order valence-corrected chi connectivity index (χ0v) is 9.45. The molecule has 16 heavy (non-hydrogen) atoms. The van der Waals surface area contributed by atoms with E-state index in [1.54, 1.807) is 0 Å². The van der Waals surface area contributed by atoms with Crippen molar-refractivity contribution in [2.45, 2.75) is 25.3 Å². The monoisotopic (exact) mass is 217 g/mol. The molecule has 0 saturated heterocycles. The van der Waals surface area contributed by atoms with Gasteiger partial charge in [0.05, 0.1) is 0 Å². The van der Waals surface area contributed by atoms with Crippen molar-refractivity contribution in [3.63, 3.8) is 0 Å². The molecule has 5 N–H and O–H groups in total. The van der Waals surface area contributed by atoms with E-state index in [0.29, 0.717) is 0 Å². The van der Waals surface area contributed by atoms with E-state index in [-0.39, 0.29) is 6.04 Å². The molecule has 2 rings (SSSR count). The lowest BCUT2D eigenvalue weighted by molar-refractivity contribution is 0.591. The molecule has 1 aromatic heterocycles. The Kier molecular flexibility index (Phi) is 3.59. The van der Waals surface area contributed by atoms with E-state index in [4.69, 9.17) is 11.5 Å². The molecule has 0 fully saturated rings. The maximum atomic E-state index is 6.14. The second-order valence-electron chi connectivity index (χ2n) is 4.22. The van der Waals surface area contributed by atoms with E-state index >= 15 is 0 Å². The van der Waals surface area contributed by atoms with E-state index < -0.39 is 0 Å². The second kappa shape index (κ2) is 5.14. The Morgan fingerprint density at radius 2 is 2.06 bits per heavy atom. The molecule has 0 amide bonds. The van der Waals surface area contributed by atoms with Gasteiger partial charge in [-0.15, -0.1) is 0 Å². The lowest BCUT2D eigenvalue weighted by Crippen LogP contribution is -2.11. The summed E-state index contributed by atoms with van der Waals surface area (Å²) in [6.45, 7) is 0.752. The molecule has 0 radical (unpaired) electrons. The molecule has 0 unspecified atom stereocenters. The van der Waals surface area contributed by atoms with Crippen molar-refractivity contribution in [2.75, 3.05) is 6.54 Å². The van der Waals surface area contributed by atoms with E-state index in [0.717, 1.165) is 31.3 Å². The van der Waals surface area contributed by atoms with Crippen molar-refractivity contribution in [2.24, 2.45) is 11.5 Å². The van der Waals surface area contributed by atoms with Crippen LogP contribution in [0.25, 0.3) is 10.9 Å². The minimum atomic E-state index is 0.124. The van der Waals surface area contributed by atoms with Gasteiger partial charge in [-0.3, -0.25) is 0 Å². The molecule has 86 valence electrons. The van der Waals surface area contributed by atoms with Crippen LogP contribution in [0, 0.1) is 0 Å². The molecular formula is C13H19N3. The molecule has 3 heteroatoms. The molecule has 3 nitrogen and oxygen atoms in total. The summed E-state index contributed by atoms with van der Waals surface area (Å²) in [6, 6.07) is 8.56. The molecule has 0 aliphatic rings. The van der Waals surface area contributed by atoms with E-state index in [9.17, 15) is 0 Å². The van der Waals surface area contributed by atoms with Crippen LogP contribution in [0.3, 0.4) is 0 Å². The largest absolute Gasteiger partial charge is 0.361 e. The maximum Gasteiger partial charge on any atom is 0.0457 e. The predicted octanol–water partition coefficient (Wildman–Crippen LogP) is 2.30. The number of nitrogens with two attached hydrogens (primary N) is 2. The first-order valence-electron chi connectivity index (χ1n) is 5.84. The third-order valence-electron chi connectivity index (χ3n) is 2.98. The Morgan fingerprint density at radius 3 is 2.88 bits per heavy atom. The van der Waals surface area contributed by atoms with E-state index in [1.165, 1.54) is 10.9 Å². The number of aromatic nitrogens is 1. The van der Waals surface area contributed by atoms with Crippen molar-refractivity contribution in [3.05, 3.63) is 36.0 Å². The molecule has 0 aliphatic carbocycles. The van der Waals surface area contributed by atoms with Crippen LogP contribution in [-0.4, -0.2) is 11.5 Å². The molecule has 2 aromatic rings. The first kappa shape index (κ1) is 11.2. The normalized spacial score (nSPS) is 13.1. The zero-order valence-electron chi connectivity index (χ0n) is 9.45. The van der Waals surface area contributed by atoms with Crippen LogP contribution in [0.1, 0.15) is 30.9 Å². The number of unbranched alkanes of at least 4 members (excludes halogenated alkanes) is 1. The SMILES string of the molecule is NCCCC[C@H](N)c1ccc2cc[nH]c2c1. The summed E-state index contributed by atoms with van der Waals surface area (Å²) >= 11 is 0. The first-order chi connectivity index (χ1) is 7.81. The highest BCUT2D eigenvalue weighted by Gasteiger charge is 2.06. The number of rotatable bonds is 5. The van der Waals surface area contributed by atoms with Gasteiger partial charge in [-0.25, -0.2) is 0 Å². The molecule has 0 bridgehead atoms. The number of nitrogens with one attached hydrogen (secondary N) is 1. The fraction of sp³-hybridized carbons (Fsp3) is 0.385. The van der Waals surface area contributed by atoms with Crippen molar-refractivity contribution in [3.8, 4) is 0 Å². The maximum absolute atomic E-state index is 6.14. The summed E-state index contributed by atoms with van der Waals surface area (Å²) in [6.07, 6.45) is 5.11. The molecule has 0 aliphatic heterocycles. The average Bonchev–Trinajstić information content (AvgIpc) is 2.76. The second-order valence-corrected chi connectivity index (χ2v) is 4.22. The van der Waals surface area contributed by atoms with Crippen LogP contribution < -0.4 is 11.5 Å². The fourth-order valence-corrected chi connectivity index (χ4v) is 1.97. The molecular weight excluding hydrogens is 198 g/mol. The number of hydrogen-bond acceptors (Lipinski definition) is 2. The van der Waals surface area contributed by atoms with Gasteiger partial charge >= 0.3 is 0 Å². The quantitative estimate of drug-likeness (QED) is 0.673. The van der Waals surface area contributed by atoms with Crippen LogP contribution in [0.5, 0.6) is 0 Å². The van der Waals surface area contributed by atoms with Crippen LogP contribution in [-0.2, 0) is 0 Å². The van der Waals surface area contributed by atoms with Crippen molar-refractivity contribution >= 4 is 10.9 Å². The van der Waals surface area contributed by atoms with Gasteiger partial charge in [0.25, 0.3) is 0 Å². The highest BCUT2D eigenvalue weighted by Crippen LogP contribution is 2.21. The minimum absolute atomic E-state index is 0.124. The summed E-state index contributed by atoms with van der Waals surface area (Å²) in [7, 11) is 0. The number of H-pyrrole nitrogens is 1. The topological polar surface area (TPSA) is 67.8 Å². The van der Waals surface area contributed by atoms with Gasteiger partial charge in [0, 0.05) is 17.8 Å². The van der Waals surface area contributed by atoms with Gasteiger partial charge in [0.15, 0.2) is 0 Å². The van der Waals surface area contributed by atoms with Crippen LogP contribution in [0.15, 0.2) is 30.5 Å². The zero-order chi connectivity index (χ0) is 11.4. The lowest BCUT2D eigenvalue weighted by Gasteiger charge is -2.11. The van der Waals surface area contributed by atoms with Crippen molar-refractivity contribution < 1.29 is 0 Å². The Labute approximate surface area is 95.8 Å².